The second-order valence-electron chi connectivity index (χ2n) is 8.36. The molecule has 0 saturated carbocycles. The number of nitrogens with one attached hydrogen (secondary N) is 2. The van der Waals surface area contributed by atoms with Crippen molar-refractivity contribution in [2.75, 3.05) is 45.7 Å². The Morgan fingerprint density at radius 1 is 0.970 bits per heavy atom. The average molecular weight is 448 g/mol. The standard InChI is InChI=1S/C25H29N5O3/c1-32-22-8-7-19(15-23(22)33-2)20-9-12-30-24(27-20)16-21(28-30)17-3-5-18(6-4-17)25(31)29-13-10-26-11-14-29/h3-8,15-16,20,26-27H,9-14H2,1-2H3. The number of ether oxygens (including phenoxy) is 2. The van der Waals surface area contributed by atoms with Crippen molar-refractivity contribution in [3.05, 3.63) is 59.7 Å². The third kappa shape index (κ3) is 4.26. The molecule has 5 rings (SSSR count). The summed E-state index contributed by atoms with van der Waals surface area (Å²) in [6.45, 7) is 4.02. The van der Waals surface area contributed by atoms with Crippen LogP contribution in [0.5, 0.6) is 11.5 Å². The molecule has 1 aromatic heterocycles. The van der Waals surface area contributed by atoms with Crippen LogP contribution >= 0.6 is 0 Å². The van der Waals surface area contributed by atoms with Crippen molar-refractivity contribution < 1.29 is 14.3 Å². The maximum Gasteiger partial charge on any atom is 0.253 e. The van der Waals surface area contributed by atoms with Crippen molar-refractivity contribution in [3.8, 4) is 22.8 Å². The maximum atomic E-state index is 12.7. The number of nitrogens with zero attached hydrogens (tertiary/aromatic N) is 3. The molecular weight excluding hydrogens is 418 g/mol. The van der Waals surface area contributed by atoms with Gasteiger partial charge >= 0.3 is 0 Å². The summed E-state index contributed by atoms with van der Waals surface area (Å²) in [6, 6.07) is 16.0. The van der Waals surface area contributed by atoms with Crippen LogP contribution in [0.4, 0.5) is 5.82 Å². The fraction of sp³-hybridized carbons (Fsp3) is 0.360. The molecule has 2 aliphatic heterocycles. The Hall–Kier alpha value is -3.52. The number of methoxy groups -OCH3 is 2. The van der Waals surface area contributed by atoms with Crippen molar-refractivity contribution >= 4 is 11.7 Å². The average Bonchev–Trinajstić information content (AvgIpc) is 3.32. The third-order valence-corrected chi connectivity index (χ3v) is 6.37. The molecule has 3 heterocycles. The minimum atomic E-state index is 0.0895. The zero-order valence-corrected chi connectivity index (χ0v) is 19.0. The highest BCUT2D eigenvalue weighted by Crippen LogP contribution is 2.35. The molecule has 172 valence electrons. The van der Waals surface area contributed by atoms with Crippen LogP contribution in [0.15, 0.2) is 48.5 Å². The van der Waals surface area contributed by atoms with Crippen molar-refractivity contribution in [1.29, 1.82) is 0 Å². The van der Waals surface area contributed by atoms with Crippen molar-refractivity contribution in [2.24, 2.45) is 0 Å². The van der Waals surface area contributed by atoms with Crippen molar-refractivity contribution in [3.63, 3.8) is 0 Å². The highest BCUT2D eigenvalue weighted by molar-refractivity contribution is 5.94. The van der Waals surface area contributed by atoms with E-state index in [2.05, 4.69) is 22.8 Å². The summed E-state index contributed by atoms with van der Waals surface area (Å²) in [6.07, 6.45) is 0.918. The van der Waals surface area contributed by atoms with Crippen LogP contribution in [0.25, 0.3) is 11.3 Å². The predicted octanol–water partition coefficient (Wildman–Crippen LogP) is 3.17. The summed E-state index contributed by atoms with van der Waals surface area (Å²) in [5.74, 6) is 2.53. The highest BCUT2D eigenvalue weighted by atomic mass is 16.5. The molecule has 2 N–H and O–H groups in total. The van der Waals surface area contributed by atoms with E-state index in [0.29, 0.717) is 0 Å². The molecule has 1 fully saturated rings. The van der Waals surface area contributed by atoms with E-state index in [1.54, 1.807) is 14.2 Å². The number of carbonyl (C=O) groups is 1. The number of fused-ring (bicyclic) bond motifs is 1. The predicted molar refractivity (Wildman–Crippen MR) is 127 cm³/mol. The van der Waals surface area contributed by atoms with Crippen LogP contribution in [-0.4, -0.2) is 61.0 Å². The van der Waals surface area contributed by atoms with E-state index in [9.17, 15) is 4.79 Å². The number of piperazine rings is 1. The minimum absolute atomic E-state index is 0.0895. The molecule has 8 heteroatoms. The van der Waals surface area contributed by atoms with Crippen LogP contribution in [0.1, 0.15) is 28.4 Å². The van der Waals surface area contributed by atoms with Crippen LogP contribution in [0.2, 0.25) is 0 Å². The van der Waals surface area contributed by atoms with Gasteiger partial charge in [-0.15, -0.1) is 0 Å². The summed E-state index contributed by atoms with van der Waals surface area (Å²) in [7, 11) is 3.30. The van der Waals surface area contributed by atoms with Gasteiger partial charge in [-0.05, 0) is 36.2 Å². The van der Waals surface area contributed by atoms with Crippen LogP contribution in [0.3, 0.4) is 0 Å². The molecule has 1 amide bonds. The first-order chi connectivity index (χ1) is 16.2. The lowest BCUT2D eigenvalue weighted by atomic mass is 10.0. The van der Waals surface area contributed by atoms with E-state index >= 15 is 0 Å². The van der Waals surface area contributed by atoms with Gasteiger partial charge in [0.25, 0.3) is 5.91 Å². The zero-order chi connectivity index (χ0) is 22.8. The molecule has 0 bridgehead atoms. The van der Waals surface area contributed by atoms with Gasteiger partial charge in [0.05, 0.1) is 26.0 Å². The molecule has 3 aromatic rings. The monoisotopic (exact) mass is 447 g/mol. The number of rotatable bonds is 5. The number of hydrogen-bond acceptors (Lipinski definition) is 6. The number of carbonyl (C=O) groups excluding carboxylic acids is 1. The molecule has 2 aliphatic rings. The minimum Gasteiger partial charge on any atom is -0.493 e. The topological polar surface area (TPSA) is 80.7 Å². The normalized spacial score (nSPS) is 17.8. The Morgan fingerprint density at radius 2 is 1.73 bits per heavy atom. The fourth-order valence-electron chi connectivity index (χ4n) is 4.50. The lowest BCUT2D eigenvalue weighted by Gasteiger charge is -2.27. The second-order valence-corrected chi connectivity index (χ2v) is 8.36. The van der Waals surface area contributed by atoms with E-state index in [1.165, 1.54) is 0 Å². The molecule has 2 aromatic carbocycles. The number of aryl methyl sites for hydroxylation is 1. The maximum absolute atomic E-state index is 12.7. The van der Waals surface area contributed by atoms with Gasteiger partial charge in [-0.1, -0.05) is 18.2 Å². The Morgan fingerprint density at radius 3 is 2.45 bits per heavy atom. The van der Waals surface area contributed by atoms with Crippen LogP contribution < -0.4 is 20.1 Å². The van der Waals surface area contributed by atoms with Crippen LogP contribution in [0, 0.1) is 0 Å². The molecule has 1 saturated heterocycles. The summed E-state index contributed by atoms with van der Waals surface area (Å²) >= 11 is 0. The van der Waals surface area contributed by atoms with Gasteiger partial charge in [-0.25, -0.2) is 4.68 Å². The fourth-order valence-corrected chi connectivity index (χ4v) is 4.50. The highest BCUT2D eigenvalue weighted by Gasteiger charge is 2.23. The van der Waals surface area contributed by atoms with Gasteiger partial charge < -0.3 is 25.0 Å². The number of amides is 1. The Kier molecular flexibility index (Phi) is 5.92. The first-order valence-corrected chi connectivity index (χ1v) is 11.3. The zero-order valence-electron chi connectivity index (χ0n) is 19.0. The van der Waals surface area contributed by atoms with Crippen molar-refractivity contribution in [1.82, 2.24) is 20.0 Å². The molecule has 0 spiro atoms. The molecule has 33 heavy (non-hydrogen) atoms. The van der Waals surface area contributed by atoms with E-state index in [1.807, 2.05) is 46.0 Å². The first-order valence-electron chi connectivity index (χ1n) is 11.3. The van der Waals surface area contributed by atoms with E-state index < -0.39 is 0 Å². The second kappa shape index (κ2) is 9.15. The summed E-state index contributed by atoms with van der Waals surface area (Å²) in [5.41, 5.74) is 3.76. The molecule has 0 radical (unpaired) electrons. The third-order valence-electron chi connectivity index (χ3n) is 6.37. The van der Waals surface area contributed by atoms with E-state index in [-0.39, 0.29) is 11.9 Å². The van der Waals surface area contributed by atoms with Crippen molar-refractivity contribution in [2.45, 2.75) is 19.0 Å². The SMILES string of the molecule is COc1ccc(C2CCn3nc(-c4ccc(C(=O)N5CCNCC5)cc4)cc3N2)cc1OC. The molecular formula is C25H29N5O3. The number of anilines is 1. The number of aromatic nitrogens is 2. The van der Waals surface area contributed by atoms with Gasteiger partial charge in [-0.2, -0.15) is 5.10 Å². The first kappa shape index (κ1) is 21.3. The molecule has 8 nitrogen and oxygen atoms in total. The van der Waals surface area contributed by atoms with Gasteiger partial charge in [0, 0.05) is 49.9 Å². The van der Waals surface area contributed by atoms with Gasteiger partial charge in [0.2, 0.25) is 0 Å². The van der Waals surface area contributed by atoms with E-state index in [0.717, 1.165) is 78.8 Å². The lowest BCUT2D eigenvalue weighted by Crippen LogP contribution is -2.46. The Balaban J connectivity index is 1.31. The summed E-state index contributed by atoms with van der Waals surface area (Å²) in [4.78, 5) is 14.6. The number of hydrogen-bond donors (Lipinski definition) is 2. The van der Waals surface area contributed by atoms with E-state index in [4.69, 9.17) is 14.6 Å². The summed E-state index contributed by atoms with van der Waals surface area (Å²) < 4.78 is 12.8. The van der Waals surface area contributed by atoms with Crippen LogP contribution in [-0.2, 0) is 6.54 Å². The molecule has 1 unspecified atom stereocenters. The lowest BCUT2D eigenvalue weighted by molar-refractivity contribution is 0.0736. The largest absolute Gasteiger partial charge is 0.493 e. The Bertz CT molecular complexity index is 1140. The van der Waals surface area contributed by atoms with Gasteiger partial charge in [-0.3, -0.25) is 4.79 Å². The molecule has 1 atom stereocenters. The number of benzene rings is 2. The van der Waals surface area contributed by atoms with Gasteiger partial charge in [0.15, 0.2) is 11.5 Å². The summed E-state index contributed by atoms with van der Waals surface area (Å²) in [5, 5.41) is 11.7. The Labute approximate surface area is 193 Å². The van der Waals surface area contributed by atoms with Gasteiger partial charge in [0.1, 0.15) is 5.82 Å². The quantitative estimate of drug-likeness (QED) is 0.625. The molecule has 0 aliphatic carbocycles. The smallest absolute Gasteiger partial charge is 0.253 e.